The molecule has 0 saturated carbocycles. The molecule has 2 aromatic rings. The molecule has 0 spiro atoms. The van der Waals surface area contributed by atoms with E-state index in [2.05, 4.69) is 22.7 Å². The number of benzene rings is 1. The largest absolute Gasteiger partial charge is 0.350 e. The zero-order valence-electron chi connectivity index (χ0n) is 12.7. The van der Waals surface area contributed by atoms with Gasteiger partial charge in [0, 0.05) is 29.2 Å². The Bertz CT molecular complexity index is 675. The van der Waals surface area contributed by atoms with Crippen LogP contribution in [0.5, 0.6) is 0 Å². The van der Waals surface area contributed by atoms with Gasteiger partial charge in [-0.15, -0.1) is 12.4 Å². The molecule has 1 aromatic heterocycles. The van der Waals surface area contributed by atoms with Crippen molar-refractivity contribution in [3.05, 3.63) is 41.1 Å². The van der Waals surface area contributed by atoms with Crippen LogP contribution in [0.3, 0.4) is 0 Å². The van der Waals surface area contributed by atoms with E-state index in [9.17, 15) is 4.79 Å². The van der Waals surface area contributed by atoms with Crippen LogP contribution in [-0.4, -0.2) is 30.2 Å². The topological polar surface area (TPSA) is 67.2 Å². The fourth-order valence-electron chi connectivity index (χ4n) is 2.59. The number of amides is 1. The first-order valence-electron chi connectivity index (χ1n) is 7.38. The first kappa shape index (κ1) is 17.8. The molecule has 0 bridgehead atoms. The summed E-state index contributed by atoms with van der Waals surface area (Å²) in [5, 5.41) is 10.9. The molecule has 2 unspecified atom stereocenters. The first-order chi connectivity index (χ1) is 10.6. The van der Waals surface area contributed by atoms with Gasteiger partial charge in [0.25, 0.3) is 5.91 Å². The van der Waals surface area contributed by atoms with Crippen molar-refractivity contribution in [1.82, 2.24) is 15.8 Å². The van der Waals surface area contributed by atoms with Gasteiger partial charge in [0.15, 0.2) is 0 Å². The van der Waals surface area contributed by atoms with E-state index in [0.29, 0.717) is 16.6 Å². The maximum Gasteiger partial charge on any atom is 0.290 e. The van der Waals surface area contributed by atoms with Crippen LogP contribution in [0.4, 0.5) is 0 Å². The van der Waals surface area contributed by atoms with Crippen molar-refractivity contribution in [2.75, 3.05) is 13.1 Å². The molecule has 1 amide bonds. The molecular formula is C16H19Cl2N3O2. The molecule has 3 rings (SSSR count). The quantitative estimate of drug-likeness (QED) is 0.887. The number of aromatic nitrogens is 1. The maximum absolute atomic E-state index is 12.3. The molecule has 2 N–H and O–H groups in total. The number of piperidine rings is 1. The molecular weight excluding hydrogens is 337 g/mol. The molecule has 23 heavy (non-hydrogen) atoms. The lowest BCUT2D eigenvalue weighted by Gasteiger charge is -2.29. The number of carbonyl (C=O) groups is 1. The van der Waals surface area contributed by atoms with Crippen molar-refractivity contribution >= 4 is 29.9 Å². The maximum atomic E-state index is 12.3. The summed E-state index contributed by atoms with van der Waals surface area (Å²) in [5.41, 5.74) is 1.42. The molecule has 1 aliphatic heterocycles. The summed E-state index contributed by atoms with van der Waals surface area (Å²) in [6.07, 6.45) is 1.05. The fraction of sp³-hybridized carbons (Fsp3) is 0.375. The van der Waals surface area contributed by atoms with E-state index in [4.69, 9.17) is 16.1 Å². The molecule has 5 nitrogen and oxygen atoms in total. The minimum Gasteiger partial charge on any atom is -0.350 e. The summed E-state index contributed by atoms with van der Waals surface area (Å²) in [6, 6.07) is 9.04. The van der Waals surface area contributed by atoms with Gasteiger partial charge in [-0.1, -0.05) is 35.8 Å². The zero-order valence-corrected chi connectivity index (χ0v) is 14.3. The Morgan fingerprint density at radius 2 is 2.26 bits per heavy atom. The summed E-state index contributed by atoms with van der Waals surface area (Å²) >= 11 is 5.96. The zero-order chi connectivity index (χ0) is 15.5. The summed E-state index contributed by atoms with van der Waals surface area (Å²) < 4.78 is 5.17. The van der Waals surface area contributed by atoms with Crippen molar-refractivity contribution in [1.29, 1.82) is 0 Å². The minimum absolute atomic E-state index is 0. The van der Waals surface area contributed by atoms with Crippen LogP contribution in [0.2, 0.25) is 5.02 Å². The third-order valence-corrected chi connectivity index (χ3v) is 4.23. The van der Waals surface area contributed by atoms with Crippen molar-refractivity contribution in [3.8, 4) is 11.3 Å². The van der Waals surface area contributed by atoms with E-state index >= 15 is 0 Å². The van der Waals surface area contributed by atoms with Gasteiger partial charge in [-0.25, -0.2) is 0 Å². The van der Waals surface area contributed by atoms with Crippen LogP contribution in [0.1, 0.15) is 23.9 Å². The lowest BCUT2D eigenvalue weighted by Crippen LogP contribution is -2.50. The molecule has 2 heterocycles. The Balaban J connectivity index is 0.00000192. The van der Waals surface area contributed by atoms with Gasteiger partial charge in [-0.05, 0) is 31.0 Å². The number of hydrogen-bond acceptors (Lipinski definition) is 4. The molecule has 7 heteroatoms. The summed E-state index contributed by atoms with van der Waals surface area (Å²) in [4.78, 5) is 12.3. The molecule has 0 aliphatic carbocycles. The third kappa shape index (κ3) is 4.25. The number of rotatable bonds is 3. The molecule has 1 aromatic carbocycles. The Morgan fingerprint density at radius 1 is 1.43 bits per heavy atom. The van der Waals surface area contributed by atoms with Crippen molar-refractivity contribution in [2.45, 2.75) is 19.4 Å². The number of halogens is 2. The fourth-order valence-corrected chi connectivity index (χ4v) is 2.78. The predicted molar refractivity (Wildman–Crippen MR) is 92.1 cm³/mol. The highest BCUT2D eigenvalue weighted by atomic mass is 35.5. The van der Waals surface area contributed by atoms with Crippen LogP contribution >= 0.6 is 24.0 Å². The monoisotopic (exact) mass is 355 g/mol. The molecule has 124 valence electrons. The second-order valence-corrected chi connectivity index (χ2v) is 6.07. The number of hydrogen-bond donors (Lipinski definition) is 2. The SMILES string of the molecule is CC1CCNCC1NC(=O)c1cc(-c2cccc(Cl)c2)no1.Cl. The second-order valence-electron chi connectivity index (χ2n) is 5.64. The predicted octanol–water partition coefficient (Wildman–Crippen LogP) is 3.14. The van der Waals surface area contributed by atoms with Gasteiger partial charge in [-0.3, -0.25) is 4.79 Å². The summed E-state index contributed by atoms with van der Waals surface area (Å²) in [7, 11) is 0. The van der Waals surface area contributed by atoms with E-state index < -0.39 is 0 Å². The van der Waals surface area contributed by atoms with Gasteiger partial charge < -0.3 is 15.2 Å². The van der Waals surface area contributed by atoms with E-state index in [-0.39, 0.29) is 30.1 Å². The number of carbonyl (C=O) groups excluding carboxylic acids is 1. The average Bonchev–Trinajstić information content (AvgIpc) is 2.99. The highest BCUT2D eigenvalue weighted by molar-refractivity contribution is 6.30. The Hall–Kier alpha value is -1.56. The normalized spacial score (nSPS) is 20.6. The Morgan fingerprint density at radius 3 is 3.00 bits per heavy atom. The van der Waals surface area contributed by atoms with Crippen LogP contribution in [0.15, 0.2) is 34.9 Å². The van der Waals surface area contributed by atoms with Crippen LogP contribution in [0.25, 0.3) is 11.3 Å². The highest BCUT2D eigenvalue weighted by Gasteiger charge is 2.24. The van der Waals surface area contributed by atoms with Crippen LogP contribution in [0, 0.1) is 5.92 Å². The van der Waals surface area contributed by atoms with E-state index in [1.165, 1.54) is 0 Å². The summed E-state index contributed by atoms with van der Waals surface area (Å²) in [5.74, 6) is 0.426. The average molecular weight is 356 g/mol. The van der Waals surface area contributed by atoms with Crippen LogP contribution < -0.4 is 10.6 Å². The van der Waals surface area contributed by atoms with Gasteiger partial charge in [0.1, 0.15) is 5.69 Å². The molecule has 2 atom stereocenters. The molecule has 1 fully saturated rings. The van der Waals surface area contributed by atoms with E-state index in [0.717, 1.165) is 25.1 Å². The molecule has 0 radical (unpaired) electrons. The Labute approximate surface area is 146 Å². The van der Waals surface area contributed by atoms with Crippen molar-refractivity contribution < 1.29 is 9.32 Å². The van der Waals surface area contributed by atoms with Gasteiger partial charge in [0.05, 0.1) is 0 Å². The second kappa shape index (κ2) is 7.81. The molecule has 1 aliphatic rings. The molecule has 1 saturated heterocycles. The minimum atomic E-state index is -0.235. The lowest BCUT2D eigenvalue weighted by atomic mass is 9.95. The van der Waals surface area contributed by atoms with Crippen LogP contribution in [-0.2, 0) is 0 Å². The highest BCUT2D eigenvalue weighted by Crippen LogP contribution is 2.22. The van der Waals surface area contributed by atoms with Crippen molar-refractivity contribution in [3.63, 3.8) is 0 Å². The van der Waals surface area contributed by atoms with E-state index in [1.54, 1.807) is 18.2 Å². The first-order valence-corrected chi connectivity index (χ1v) is 7.75. The third-order valence-electron chi connectivity index (χ3n) is 4.00. The smallest absolute Gasteiger partial charge is 0.290 e. The number of nitrogens with one attached hydrogen (secondary N) is 2. The summed E-state index contributed by atoms with van der Waals surface area (Å²) in [6.45, 7) is 3.92. The van der Waals surface area contributed by atoms with Gasteiger partial charge >= 0.3 is 0 Å². The van der Waals surface area contributed by atoms with Gasteiger partial charge in [0.2, 0.25) is 5.76 Å². The number of nitrogens with zero attached hydrogens (tertiary/aromatic N) is 1. The van der Waals surface area contributed by atoms with Crippen molar-refractivity contribution in [2.24, 2.45) is 5.92 Å². The lowest BCUT2D eigenvalue weighted by molar-refractivity contribution is 0.0878. The van der Waals surface area contributed by atoms with Gasteiger partial charge in [-0.2, -0.15) is 0 Å². The standard InChI is InChI=1S/C16H18ClN3O2.ClH/c1-10-5-6-18-9-14(10)19-16(21)15-8-13(20-22-15)11-3-2-4-12(17)7-11;/h2-4,7-8,10,14,18H,5-6,9H2,1H3,(H,19,21);1H. The van der Waals surface area contributed by atoms with E-state index in [1.807, 2.05) is 12.1 Å². The Kier molecular flexibility index (Phi) is 6.04.